The number of nitrogens with zero attached hydrogens (tertiary/aromatic N) is 1. The molecule has 1 unspecified atom stereocenters. The Bertz CT molecular complexity index is 337. The lowest BCUT2D eigenvalue weighted by molar-refractivity contribution is 0.111. The Morgan fingerprint density at radius 2 is 2.46 bits per heavy atom. The monoisotopic (exact) mass is 202 g/mol. The largest absolute Gasteiger partial charge is 0.374 e. The second kappa shape index (κ2) is 4.39. The predicted molar refractivity (Wildman–Crippen MR) is 49.8 cm³/mol. The molecule has 0 bridgehead atoms. The van der Waals surface area contributed by atoms with Gasteiger partial charge in [-0.25, -0.2) is 4.98 Å². The molecular formula is C8H11ClN2O2. The van der Waals surface area contributed by atoms with Crippen molar-refractivity contribution in [1.82, 2.24) is 9.97 Å². The smallest absolute Gasteiger partial charge is 0.251 e. The molecule has 72 valence electrons. The Morgan fingerprint density at radius 1 is 1.77 bits per heavy atom. The fourth-order valence-corrected chi connectivity index (χ4v) is 1.04. The van der Waals surface area contributed by atoms with E-state index < -0.39 is 0 Å². The number of nitrogens with one attached hydrogen (secondary N) is 1. The van der Waals surface area contributed by atoms with Crippen LogP contribution in [0.5, 0.6) is 0 Å². The van der Waals surface area contributed by atoms with Gasteiger partial charge in [0.25, 0.3) is 5.56 Å². The molecule has 13 heavy (non-hydrogen) atoms. The van der Waals surface area contributed by atoms with Crippen LogP contribution in [-0.4, -0.2) is 17.1 Å². The number of alkyl halides is 1. The first kappa shape index (κ1) is 10.2. The van der Waals surface area contributed by atoms with Crippen molar-refractivity contribution < 1.29 is 4.74 Å². The minimum absolute atomic E-state index is 0.204. The fraction of sp³-hybridized carbons (Fsp3) is 0.500. The van der Waals surface area contributed by atoms with Crippen LogP contribution in [0.2, 0.25) is 0 Å². The van der Waals surface area contributed by atoms with Crippen molar-refractivity contribution in [1.29, 1.82) is 0 Å². The highest BCUT2D eigenvalue weighted by Crippen LogP contribution is 2.09. The van der Waals surface area contributed by atoms with Gasteiger partial charge in [0.15, 0.2) is 0 Å². The van der Waals surface area contributed by atoms with Crippen LogP contribution in [0, 0.1) is 0 Å². The third-order valence-electron chi connectivity index (χ3n) is 1.69. The molecule has 1 aromatic heterocycles. The SMILES string of the molecule is COC(C)c1nc(CCl)cc(=O)[nH]1. The molecule has 1 atom stereocenters. The van der Waals surface area contributed by atoms with Gasteiger partial charge in [-0.3, -0.25) is 4.79 Å². The van der Waals surface area contributed by atoms with E-state index in [2.05, 4.69) is 9.97 Å². The Morgan fingerprint density at radius 3 is 3.00 bits per heavy atom. The van der Waals surface area contributed by atoms with E-state index in [1.165, 1.54) is 6.07 Å². The topological polar surface area (TPSA) is 55.0 Å². The fourth-order valence-electron chi connectivity index (χ4n) is 0.901. The molecule has 0 amide bonds. The number of hydrogen-bond donors (Lipinski definition) is 1. The molecule has 0 aromatic carbocycles. The van der Waals surface area contributed by atoms with Crippen LogP contribution in [0.15, 0.2) is 10.9 Å². The second-order valence-electron chi connectivity index (χ2n) is 2.63. The van der Waals surface area contributed by atoms with E-state index in [-0.39, 0.29) is 17.5 Å². The highest BCUT2D eigenvalue weighted by molar-refractivity contribution is 6.16. The lowest BCUT2D eigenvalue weighted by Crippen LogP contribution is -2.14. The molecular weight excluding hydrogens is 192 g/mol. The van der Waals surface area contributed by atoms with Crippen molar-refractivity contribution in [2.24, 2.45) is 0 Å². The van der Waals surface area contributed by atoms with Crippen LogP contribution in [0.25, 0.3) is 0 Å². The van der Waals surface area contributed by atoms with Crippen LogP contribution in [-0.2, 0) is 10.6 Å². The summed E-state index contributed by atoms with van der Waals surface area (Å²) in [7, 11) is 1.55. The molecule has 0 aliphatic rings. The van der Waals surface area contributed by atoms with Crippen LogP contribution < -0.4 is 5.56 Å². The third-order valence-corrected chi connectivity index (χ3v) is 1.96. The van der Waals surface area contributed by atoms with Crippen molar-refractivity contribution in [3.05, 3.63) is 27.9 Å². The Hall–Kier alpha value is -0.870. The average molecular weight is 203 g/mol. The first-order valence-electron chi connectivity index (χ1n) is 3.86. The van der Waals surface area contributed by atoms with Gasteiger partial charge >= 0.3 is 0 Å². The van der Waals surface area contributed by atoms with Gasteiger partial charge in [-0.15, -0.1) is 11.6 Å². The van der Waals surface area contributed by atoms with Gasteiger partial charge in [0, 0.05) is 13.2 Å². The number of aromatic nitrogens is 2. The van der Waals surface area contributed by atoms with Crippen molar-refractivity contribution >= 4 is 11.6 Å². The summed E-state index contributed by atoms with van der Waals surface area (Å²) < 4.78 is 5.01. The first-order chi connectivity index (χ1) is 6.17. The average Bonchev–Trinajstić information content (AvgIpc) is 2.15. The van der Waals surface area contributed by atoms with Gasteiger partial charge < -0.3 is 9.72 Å². The van der Waals surface area contributed by atoms with Gasteiger partial charge in [-0.1, -0.05) is 0 Å². The van der Waals surface area contributed by atoms with E-state index in [0.717, 1.165) is 0 Å². The molecule has 0 saturated heterocycles. The summed E-state index contributed by atoms with van der Waals surface area (Å²) in [6.07, 6.45) is -0.226. The summed E-state index contributed by atoms with van der Waals surface area (Å²) in [5, 5.41) is 0. The number of hydrogen-bond acceptors (Lipinski definition) is 3. The zero-order valence-corrected chi connectivity index (χ0v) is 8.26. The van der Waals surface area contributed by atoms with E-state index in [1.807, 2.05) is 0 Å². The zero-order chi connectivity index (χ0) is 9.84. The van der Waals surface area contributed by atoms with Crippen molar-refractivity contribution in [2.45, 2.75) is 18.9 Å². The molecule has 1 aromatic rings. The predicted octanol–water partition coefficient (Wildman–Crippen LogP) is 1.22. The molecule has 1 rings (SSSR count). The molecule has 1 N–H and O–H groups in total. The van der Waals surface area contributed by atoms with Crippen LogP contribution in [0.1, 0.15) is 24.5 Å². The minimum atomic E-state index is -0.226. The third kappa shape index (κ3) is 2.54. The minimum Gasteiger partial charge on any atom is -0.374 e. The van der Waals surface area contributed by atoms with Gasteiger partial charge in [-0.2, -0.15) is 0 Å². The highest BCUT2D eigenvalue weighted by Gasteiger charge is 2.07. The first-order valence-corrected chi connectivity index (χ1v) is 4.39. The highest BCUT2D eigenvalue weighted by atomic mass is 35.5. The number of ether oxygens (including phenoxy) is 1. The Balaban J connectivity index is 3.08. The number of halogens is 1. The number of methoxy groups -OCH3 is 1. The molecule has 0 spiro atoms. The van der Waals surface area contributed by atoms with E-state index in [9.17, 15) is 4.79 Å². The summed E-state index contributed by atoms with van der Waals surface area (Å²) in [6, 6.07) is 1.37. The summed E-state index contributed by atoms with van der Waals surface area (Å²) >= 11 is 5.56. The Labute approximate surface area is 80.9 Å². The van der Waals surface area contributed by atoms with Crippen LogP contribution >= 0.6 is 11.6 Å². The van der Waals surface area contributed by atoms with E-state index >= 15 is 0 Å². The van der Waals surface area contributed by atoms with E-state index in [0.29, 0.717) is 11.5 Å². The Kier molecular flexibility index (Phi) is 3.45. The molecule has 1 heterocycles. The molecule has 5 heteroatoms. The normalized spacial score (nSPS) is 12.8. The van der Waals surface area contributed by atoms with Gasteiger partial charge in [-0.05, 0) is 6.92 Å². The summed E-state index contributed by atoms with van der Waals surface area (Å²) in [4.78, 5) is 17.8. The molecule has 0 aliphatic heterocycles. The standard InChI is InChI=1S/C8H11ClN2O2/c1-5(13-2)8-10-6(4-9)3-7(12)11-8/h3,5H,4H2,1-2H3,(H,10,11,12). The quantitative estimate of drug-likeness (QED) is 0.750. The molecule has 4 nitrogen and oxygen atoms in total. The van der Waals surface area contributed by atoms with Crippen molar-refractivity contribution in [2.75, 3.05) is 7.11 Å². The summed E-state index contributed by atoms with van der Waals surface area (Å²) in [5.41, 5.74) is 0.355. The van der Waals surface area contributed by atoms with Crippen LogP contribution in [0.4, 0.5) is 0 Å². The number of aromatic amines is 1. The lowest BCUT2D eigenvalue weighted by Gasteiger charge is -2.08. The van der Waals surface area contributed by atoms with Crippen LogP contribution in [0.3, 0.4) is 0 Å². The van der Waals surface area contributed by atoms with E-state index in [4.69, 9.17) is 16.3 Å². The lowest BCUT2D eigenvalue weighted by atomic mass is 10.3. The van der Waals surface area contributed by atoms with E-state index in [1.54, 1.807) is 14.0 Å². The summed E-state index contributed by atoms with van der Waals surface area (Å²) in [6.45, 7) is 1.80. The van der Waals surface area contributed by atoms with Crippen molar-refractivity contribution in [3.63, 3.8) is 0 Å². The maximum atomic E-state index is 11.1. The van der Waals surface area contributed by atoms with Gasteiger partial charge in [0.2, 0.25) is 0 Å². The molecule has 0 saturated carbocycles. The second-order valence-corrected chi connectivity index (χ2v) is 2.90. The molecule has 0 aliphatic carbocycles. The summed E-state index contributed by atoms with van der Waals surface area (Å²) in [5.74, 6) is 0.735. The van der Waals surface area contributed by atoms with Crippen molar-refractivity contribution in [3.8, 4) is 0 Å². The van der Waals surface area contributed by atoms with Gasteiger partial charge in [0.1, 0.15) is 11.9 Å². The number of rotatable bonds is 3. The molecule has 0 radical (unpaired) electrons. The molecule has 0 fully saturated rings. The maximum Gasteiger partial charge on any atom is 0.251 e. The zero-order valence-electron chi connectivity index (χ0n) is 7.50. The number of H-pyrrole nitrogens is 1. The maximum absolute atomic E-state index is 11.1. The van der Waals surface area contributed by atoms with Gasteiger partial charge in [0.05, 0.1) is 11.6 Å².